The Morgan fingerprint density at radius 2 is 2.04 bits per heavy atom. The Balaban J connectivity index is 0.00000192. The second-order valence-corrected chi connectivity index (χ2v) is 7.74. The summed E-state index contributed by atoms with van der Waals surface area (Å²) >= 11 is 0. The molecule has 3 rings (SSSR count). The minimum atomic E-state index is -3.55. The van der Waals surface area contributed by atoms with E-state index in [1.165, 1.54) is 6.20 Å². The maximum Gasteiger partial charge on any atom is 0.244 e. The van der Waals surface area contributed by atoms with Crippen molar-refractivity contribution in [2.24, 2.45) is 7.05 Å². The number of fused-ring (bicyclic) bond motifs is 1. The van der Waals surface area contributed by atoms with Gasteiger partial charge in [0.1, 0.15) is 4.90 Å². The van der Waals surface area contributed by atoms with Crippen molar-refractivity contribution in [3.63, 3.8) is 0 Å². The Hall–Kier alpha value is -1.22. The van der Waals surface area contributed by atoms with E-state index >= 15 is 0 Å². The van der Waals surface area contributed by atoms with Crippen LogP contribution in [0.2, 0.25) is 0 Å². The van der Waals surface area contributed by atoms with Gasteiger partial charge in [-0.1, -0.05) is 0 Å². The first-order chi connectivity index (χ1) is 10.3. The fourth-order valence-corrected chi connectivity index (χ4v) is 4.61. The number of aryl methyl sites for hydroxylation is 2. The predicted octanol–water partition coefficient (Wildman–Crippen LogP) is 1.07. The van der Waals surface area contributed by atoms with E-state index < -0.39 is 10.0 Å². The molecular weight excluding hydrogens is 338 g/mol. The second kappa shape index (κ2) is 6.35. The molecule has 23 heavy (non-hydrogen) atoms. The summed E-state index contributed by atoms with van der Waals surface area (Å²) in [4.78, 5) is 4.52. The number of hydrogen-bond acceptors (Lipinski definition) is 5. The molecule has 0 bridgehead atoms. The molecule has 9 heteroatoms. The number of piperazine rings is 1. The highest BCUT2D eigenvalue weighted by Crippen LogP contribution is 2.24. The maximum absolute atomic E-state index is 12.9. The highest BCUT2D eigenvalue weighted by molar-refractivity contribution is 7.89. The SMILES string of the molecule is Cc1nn(C)c2ncc(S(=O)(=O)N3CCNC(C)C3C)cc12.Cl. The van der Waals surface area contributed by atoms with Crippen molar-refractivity contribution in [1.29, 1.82) is 0 Å². The molecule has 1 fully saturated rings. The third kappa shape index (κ3) is 2.96. The first-order valence-electron chi connectivity index (χ1n) is 7.37. The quantitative estimate of drug-likeness (QED) is 0.867. The van der Waals surface area contributed by atoms with Crippen molar-refractivity contribution >= 4 is 33.5 Å². The van der Waals surface area contributed by atoms with E-state index in [-0.39, 0.29) is 29.4 Å². The third-order valence-electron chi connectivity index (χ3n) is 4.42. The zero-order valence-corrected chi connectivity index (χ0v) is 15.3. The number of nitrogens with one attached hydrogen (secondary N) is 1. The van der Waals surface area contributed by atoms with Crippen molar-refractivity contribution in [3.05, 3.63) is 18.0 Å². The van der Waals surface area contributed by atoms with E-state index in [9.17, 15) is 8.42 Å². The average Bonchev–Trinajstić information content (AvgIpc) is 2.76. The molecule has 1 N–H and O–H groups in total. The van der Waals surface area contributed by atoms with Gasteiger partial charge in [0.25, 0.3) is 0 Å². The summed E-state index contributed by atoms with van der Waals surface area (Å²) in [5.41, 5.74) is 1.47. The van der Waals surface area contributed by atoms with Crippen LogP contribution in [0.4, 0.5) is 0 Å². The molecule has 2 aromatic rings. The molecule has 0 spiro atoms. The highest BCUT2D eigenvalue weighted by Gasteiger charge is 2.34. The van der Waals surface area contributed by atoms with Crippen molar-refractivity contribution in [2.45, 2.75) is 37.8 Å². The molecule has 7 nitrogen and oxygen atoms in total. The number of halogens is 1. The number of sulfonamides is 1. The van der Waals surface area contributed by atoms with Gasteiger partial charge in [-0.2, -0.15) is 9.40 Å². The summed E-state index contributed by atoms with van der Waals surface area (Å²) in [7, 11) is -1.75. The van der Waals surface area contributed by atoms with Crippen LogP contribution in [0.5, 0.6) is 0 Å². The zero-order chi connectivity index (χ0) is 16.1. The van der Waals surface area contributed by atoms with Crippen LogP contribution in [0.1, 0.15) is 19.5 Å². The summed E-state index contributed by atoms with van der Waals surface area (Å²) in [5.74, 6) is 0. The number of rotatable bonds is 2. The fourth-order valence-electron chi connectivity index (χ4n) is 2.93. The lowest BCUT2D eigenvalue weighted by molar-refractivity contribution is 0.233. The molecule has 0 aliphatic carbocycles. The van der Waals surface area contributed by atoms with Gasteiger partial charge in [0.2, 0.25) is 10.0 Å². The van der Waals surface area contributed by atoms with Crippen LogP contribution in [0.25, 0.3) is 11.0 Å². The van der Waals surface area contributed by atoms with Gasteiger partial charge in [-0.15, -0.1) is 12.4 Å². The van der Waals surface area contributed by atoms with Crippen LogP contribution < -0.4 is 5.32 Å². The lowest BCUT2D eigenvalue weighted by Gasteiger charge is -2.37. The van der Waals surface area contributed by atoms with E-state index in [0.717, 1.165) is 11.1 Å². The van der Waals surface area contributed by atoms with Crippen molar-refractivity contribution in [3.8, 4) is 0 Å². The standard InChI is InChI=1S/C14H21N5O2S.ClH/c1-9-11(3)19(6-5-15-9)22(20,21)12-7-13-10(2)17-18(4)14(13)16-8-12;/h7-9,11,15H,5-6H2,1-4H3;1H. The predicted molar refractivity (Wildman–Crippen MR) is 91.3 cm³/mol. The molecule has 0 saturated carbocycles. The van der Waals surface area contributed by atoms with Gasteiger partial charge in [0.05, 0.1) is 5.69 Å². The summed E-state index contributed by atoms with van der Waals surface area (Å²) in [6.45, 7) is 6.91. The topological polar surface area (TPSA) is 80.1 Å². The van der Waals surface area contributed by atoms with E-state index in [4.69, 9.17) is 0 Å². The largest absolute Gasteiger partial charge is 0.311 e. The lowest BCUT2D eigenvalue weighted by atomic mass is 10.1. The number of pyridine rings is 1. The van der Waals surface area contributed by atoms with Gasteiger partial charge >= 0.3 is 0 Å². The van der Waals surface area contributed by atoms with Crippen LogP contribution in [0, 0.1) is 6.92 Å². The molecule has 2 aromatic heterocycles. The number of hydrogen-bond donors (Lipinski definition) is 1. The van der Waals surface area contributed by atoms with Crippen molar-refractivity contribution in [1.82, 2.24) is 24.4 Å². The normalized spacial score (nSPS) is 23.0. The molecular formula is C14H22ClN5O2S. The van der Waals surface area contributed by atoms with Gasteiger partial charge in [0.15, 0.2) is 5.65 Å². The Bertz CT molecular complexity index is 820. The minimum Gasteiger partial charge on any atom is -0.311 e. The maximum atomic E-state index is 12.9. The van der Waals surface area contributed by atoms with E-state index in [1.807, 2.05) is 20.8 Å². The summed E-state index contributed by atoms with van der Waals surface area (Å²) < 4.78 is 29.1. The molecule has 0 aromatic carbocycles. The molecule has 128 valence electrons. The van der Waals surface area contributed by atoms with Crippen LogP contribution in [0.15, 0.2) is 17.2 Å². The molecule has 2 unspecified atom stereocenters. The van der Waals surface area contributed by atoms with Crippen LogP contribution in [-0.2, 0) is 17.1 Å². The average molecular weight is 360 g/mol. The van der Waals surface area contributed by atoms with Crippen LogP contribution >= 0.6 is 12.4 Å². The Morgan fingerprint density at radius 3 is 2.74 bits per heavy atom. The van der Waals surface area contributed by atoms with Gasteiger partial charge in [-0.05, 0) is 26.8 Å². The molecule has 1 saturated heterocycles. The second-order valence-electron chi connectivity index (χ2n) is 5.85. The number of aromatic nitrogens is 3. The zero-order valence-electron chi connectivity index (χ0n) is 13.6. The minimum absolute atomic E-state index is 0. The molecule has 1 aliphatic rings. The van der Waals surface area contributed by atoms with Crippen LogP contribution in [-0.4, -0.2) is 52.7 Å². The van der Waals surface area contributed by atoms with Gasteiger partial charge in [-0.25, -0.2) is 13.4 Å². The molecule has 0 amide bonds. The van der Waals surface area contributed by atoms with Crippen molar-refractivity contribution < 1.29 is 8.42 Å². The van der Waals surface area contributed by atoms with Gasteiger partial charge in [-0.3, -0.25) is 4.68 Å². The Kier molecular flexibility index (Phi) is 5.00. The van der Waals surface area contributed by atoms with Gasteiger partial charge < -0.3 is 5.32 Å². The summed E-state index contributed by atoms with van der Waals surface area (Å²) in [5, 5.41) is 8.36. The first-order valence-corrected chi connectivity index (χ1v) is 8.81. The van der Waals surface area contributed by atoms with E-state index in [1.54, 1.807) is 22.1 Å². The molecule has 3 heterocycles. The van der Waals surface area contributed by atoms with Gasteiger partial charge in [0, 0.05) is 43.8 Å². The first kappa shape index (κ1) is 18.1. The van der Waals surface area contributed by atoms with E-state index in [0.29, 0.717) is 18.7 Å². The molecule has 0 radical (unpaired) electrons. The lowest BCUT2D eigenvalue weighted by Crippen LogP contribution is -2.57. The summed E-state index contributed by atoms with van der Waals surface area (Å²) in [6.07, 6.45) is 1.43. The monoisotopic (exact) mass is 359 g/mol. The van der Waals surface area contributed by atoms with Crippen molar-refractivity contribution in [2.75, 3.05) is 13.1 Å². The third-order valence-corrected chi connectivity index (χ3v) is 6.37. The number of nitrogens with zero attached hydrogens (tertiary/aromatic N) is 4. The van der Waals surface area contributed by atoms with Crippen LogP contribution in [0.3, 0.4) is 0 Å². The van der Waals surface area contributed by atoms with E-state index in [2.05, 4.69) is 15.4 Å². The Labute approximate surface area is 142 Å². The highest BCUT2D eigenvalue weighted by atomic mass is 35.5. The molecule has 2 atom stereocenters. The Morgan fingerprint density at radius 1 is 1.35 bits per heavy atom. The summed E-state index contributed by atoms with van der Waals surface area (Å²) in [6, 6.07) is 1.71. The fraction of sp³-hybridized carbons (Fsp3) is 0.571. The molecule has 1 aliphatic heterocycles. The smallest absolute Gasteiger partial charge is 0.244 e.